The lowest BCUT2D eigenvalue weighted by Crippen LogP contribution is -1.99. The summed E-state index contributed by atoms with van der Waals surface area (Å²) in [6.07, 6.45) is 5.65. The van der Waals surface area contributed by atoms with Crippen LogP contribution in [-0.2, 0) is 24.2 Å². The number of aryl methyl sites for hydroxylation is 3. The van der Waals surface area contributed by atoms with Crippen molar-refractivity contribution >= 4 is 17.0 Å². The Morgan fingerprint density at radius 1 is 0.721 bits per heavy atom. The predicted molar refractivity (Wildman–Crippen MR) is 179 cm³/mol. The van der Waals surface area contributed by atoms with Gasteiger partial charge in [-0.05, 0) is 101 Å². The molecule has 3 nitrogen and oxygen atoms in total. The first-order valence-corrected chi connectivity index (χ1v) is 15.1. The third-order valence-electron chi connectivity index (χ3n) is 7.73. The van der Waals surface area contributed by atoms with Gasteiger partial charge in [-0.25, -0.2) is 0 Å². The SMILES string of the molecule is CCCc1ccc2cc(-c3ccc(C#Cc4c(C)cc(OCc5ccc(CCCOC)cc5)cc4C=N)cc3)ccc2c1. The molecular formula is C40H39NO2. The summed E-state index contributed by atoms with van der Waals surface area (Å²) < 4.78 is 11.2. The highest BCUT2D eigenvalue weighted by atomic mass is 16.5. The number of hydrogen-bond donors (Lipinski definition) is 1. The zero-order valence-corrected chi connectivity index (χ0v) is 25.4. The number of nitrogens with one attached hydrogen (secondary N) is 1. The third kappa shape index (κ3) is 7.80. The Balaban J connectivity index is 1.26. The van der Waals surface area contributed by atoms with Crippen molar-refractivity contribution in [2.45, 2.75) is 46.1 Å². The van der Waals surface area contributed by atoms with E-state index < -0.39 is 0 Å². The van der Waals surface area contributed by atoms with E-state index in [2.05, 4.69) is 104 Å². The van der Waals surface area contributed by atoms with Gasteiger partial charge < -0.3 is 14.9 Å². The molecule has 0 radical (unpaired) electrons. The monoisotopic (exact) mass is 565 g/mol. The minimum atomic E-state index is 0.476. The molecule has 0 bridgehead atoms. The predicted octanol–water partition coefficient (Wildman–Crippen LogP) is 9.32. The molecule has 0 aliphatic rings. The minimum absolute atomic E-state index is 0.476. The van der Waals surface area contributed by atoms with E-state index >= 15 is 0 Å². The Morgan fingerprint density at radius 3 is 2.16 bits per heavy atom. The molecule has 0 atom stereocenters. The van der Waals surface area contributed by atoms with Crippen LogP contribution in [-0.4, -0.2) is 19.9 Å². The Bertz CT molecular complexity index is 1760. The van der Waals surface area contributed by atoms with Gasteiger partial charge in [-0.1, -0.05) is 91.9 Å². The van der Waals surface area contributed by atoms with Gasteiger partial charge in [-0.2, -0.15) is 0 Å². The summed E-state index contributed by atoms with van der Waals surface area (Å²) >= 11 is 0. The highest BCUT2D eigenvalue weighted by Gasteiger charge is 2.07. The normalized spacial score (nSPS) is 10.8. The van der Waals surface area contributed by atoms with Crippen molar-refractivity contribution in [2.24, 2.45) is 0 Å². The molecule has 1 N–H and O–H groups in total. The van der Waals surface area contributed by atoms with E-state index in [9.17, 15) is 0 Å². The number of benzene rings is 5. The Hall–Kier alpha value is -4.65. The second-order valence-corrected chi connectivity index (χ2v) is 11.0. The van der Waals surface area contributed by atoms with Gasteiger partial charge in [0, 0.05) is 36.6 Å². The smallest absolute Gasteiger partial charge is 0.120 e. The highest BCUT2D eigenvalue weighted by molar-refractivity contribution is 5.88. The van der Waals surface area contributed by atoms with Crippen LogP contribution in [0, 0.1) is 24.2 Å². The lowest BCUT2D eigenvalue weighted by atomic mass is 9.98. The van der Waals surface area contributed by atoms with Crippen LogP contribution in [0.3, 0.4) is 0 Å². The maximum Gasteiger partial charge on any atom is 0.120 e. The molecule has 0 spiro atoms. The van der Waals surface area contributed by atoms with Crippen molar-refractivity contribution in [3.05, 3.63) is 136 Å². The van der Waals surface area contributed by atoms with Crippen LogP contribution in [0.2, 0.25) is 0 Å². The quantitative estimate of drug-likeness (QED) is 0.0985. The average Bonchev–Trinajstić information content (AvgIpc) is 3.04. The zero-order valence-electron chi connectivity index (χ0n) is 25.4. The van der Waals surface area contributed by atoms with E-state index in [-0.39, 0.29) is 0 Å². The molecule has 0 aromatic heterocycles. The average molecular weight is 566 g/mol. The molecule has 0 fully saturated rings. The topological polar surface area (TPSA) is 42.3 Å². The molecule has 5 aromatic rings. The van der Waals surface area contributed by atoms with Crippen LogP contribution < -0.4 is 4.74 Å². The minimum Gasteiger partial charge on any atom is -0.489 e. The second kappa shape index (κ2) is 14.5. The lowest BCUT2D eigenvalue weighted by molar-refractivity contribution is 0.195. The summed E-state index contributed by atoms with van der Waals surface area (Å²) in [6, 6.07) is 34.3. The van der Waals surface area contributed by atoms with Gasteiger partial charge >= 0.3 is 0 Å². The van der Waals surface area contributed by atoms with E-state index in [4.69, 9.17) is 14.9 Å². The van der Waals surface area contributed by atoms with E-state index in [0.717, 1.165) is 65.9 Å². The molecule has 216 valence electrons. The Labute approximate surface area is 256 Å². The van der Waals surface area contributed by atoms with Crippen molar-refractivity contribution in [3.63, 3.8) is 0 Å². The molecule has 0 saturated heterocycles. The second-order valence-electron chi connectivity index (χ2n) is 11.0. The van der Waals surface area contributed by atoms with Crippen molar-refractivity contribution in [3.8, 4) is 28.7 Å². The number of fused-ring (bicyclic) bond motifs is 1. The number of hydrogen-bond acceptors (Lipinski definition) is 3. The molecule has 43 heavy (non-hydrogen) atoms. The first-order valence-electron chi connectivity index (χ1n) is 15.1. The molecule has 0 aliphatic carbocycles. The fourth-order valence-corrected chi connectivity index (χ4v) is 5.34. The van der Waals surface area contributed by atoms with Gasteiger partial charge in [-0.15, -0.1) is 0 Å². The molecule has 0 saturated carbocycles. The van der Waals surface area contributed by atoms with Gasteiger partial charge in [0.2, 0.25) is 0 Å². The van der Waals surface area contributed by atoms with E-state index in [1.807, 2.05) is 19.1 Å². The summed E-state index contributed by atoms with van der Waals surface area (Å²) in [4.78, 5) is 0. The van der Waals surface area contributed by atoms with Gasteiger partial charge in [-0.3, -0.25) is 0 Å². The summed E-state index contributed by atoms with van der Waals surface area (Å²) in [7, 11) is 1.73. The van der Waals surface area contributed by atoms with Crippen molar-refractivity contribution in [2.75, 3.05) is 13.7 Å². The van der Waals surface area contributed by atoms with Gasteiger partial charge in [0.1, 0.15) is 12.4 Å². The fraction of sp³-hybridized carbons (Fsp3) is 0.225. The molecule has 0 amide bonds. The number of rotatable bonds is 11. The largest absolute Gasteiger partial charge is 0.489 e. The van der Waals surface area contributed by atoms with E-state index in [1.165, 1.54) is 39.2 Å². The lowest BCUT2D eigenvalue weighted by Gasteiger charge is -2.11. The summed E-state index contributed by atoms with van der Waals surface area (Å²) in [5.74, 6) is 7.35. The highest BCUT2D eigenvalue weighted by Crippen LogP contribution is 2.26. The van der Waals surface area contributed by atoms with Crippen LogP contribution in [0.4, 0.5) is 0 Å². The maximum atomic E-state index is 8.01. The molecule has 0 aliphatic heterocycles. The van der Waals surface area contributed by atoms with Crippen molar-refractivity contribution in [1.29, 1.82) is 5.41 Å². The van der Waals surface area contributed by atoms with Crippen LogP contribution >= 0.6 is 0 Å². The Kier molecular flexibility index (Phi) is 10.1. The van der Waals surface area contributed by atoms with Crippen LogP contribution in [0.15, 0.2) is 97.1 Å². The van der Waals surface area contributed by atoms with E-state index in [1.54, 1.807) is 7.11 Å². The van der Waals surface area contributed by atoms with Crippen LogP contribution in [0.25, 0.3) is 21.9 Å². The molecule has 3 heteroatoms. The fourth-order valence-electron chi connectivity index (χ4n) is 5.34. The van der Waals surface area contributed by atoms with Gasteiger partial charge in [0.05, 0.1) is 0 Å². The van der Waals surface area contributed by atoms with Gasteiger partial charge in [0.15, 0.2) is 0 Å². The summed E-state index contributed by atoms with van der Waals surface area (Å²) in [5, 5.41) is 10.6. The van der Waals surface area contributed by atoms with Gasteiger partial charge in [0.25, 0.3) is 0 Å². The molecule has 5 aromatic carbocycles. The molecule has 0 heterocycles. The number of methoxy groups -OCH3 is 1. The first kappa shape index (κ1) is 29.8. The zero-order chi connectivity index (χ0) is 30.0. The molecule has 0 unspecified atom stereocenters. The standard InChI is InChI=1S/C40H39NO2/c1-4-6-32-14-18-37-25-36(20-19-35(37)24-32)34-16-12-31(13-17-34)15-21-40-29(2)23-39(26-38(40)27-41)43-28-33-10-8-30(9-11-33)7-5-22-42-3/h8-14,16-20,23-27,41H,4-7,22,28H2,1-3H3. The number of ether oxygens (including phenoxy) is 2. The first-order chi connectivity index (χ1) is 21.1. The molecule has 5 rings (SSSR count). The third-order valence-corrected chi connectivity index (χ3v) is 7.73. The summed E-state index contributed by atoms with van der Waals surface area (Å²) in [6.45, 7) is 5.49. The van der Waals surface area contributed by atoms with Crippen LogP contribution in [0.5, 0.6) is 5.75 Å². The maximum absolute atomic E-state index is 8.01. The van der Waals surface area contributed by atoms with Crippen molar-refractivity contribution < 1.29 is 9.47 Å². The van der Waals surface area contributed by atoms with E-state index in [0.29, 0.717) is 6.61 Å². The van der Waals surface area contributed by atoms with Crippen molar-refractivity contribution in [1.82, 2.24) is 0 Å². The molecular weight excluding hydrogens is 526 g/mol. The Morgan fingerprint density at radius 2 is 1.42 bits per heavy atom. The summed E-state index contributed by atoms with van der Waals surface area (Å²) in [5.41, 5.74) is 9.72. The van der Waals surface area contributed by atoms with Crippen LogP contribution in [0.1, 0.15) is 58.7 Å².